The first-order valence-corrected chi connectivity index (χ1v) is 7.36. The van der Waals surface area contributed by atoms with Gasteiger partial charge >= 0.3 is 0 Å². The first-order valence-electron chi connectivity index (χ1n) is 7.36. The van der Waals surface area contributed by atoms with Gasteiger partial charge in [-0.05, 0) is 38.0 Å². The van der Waals surface area contributed by atoms with Gasteiger partial charge in [-0.25, -0.2) is 4.98 Å². The van der Waals surface area contributed by atoms with Crippen LogP contribution in [-0.2, 0) is 4.79 Å². The Labute approximate surface area is 124 Å². The van der Waals surface area contributed by atoms with Crippen molar-refractivity contribution in [2.45, 2.75) is 32.1 Å². The molecule has 1 aromatic carbocycles. The van der Waals surface area contributed by atoms with Crippen LogP contribution in [0.2, 0.25) is 0 Å². The topological polar surface area (TPSA) is 57.8 Å². The molecule has 1 aromatic heterocycles. The van der Waals surface area contributed by atoms with Gasteiger partial charge < -0.3 is 10.3 Å². The third-order valence-corrected chi connectivity index (χ3v) is 3.81. The number of anilines is 1. The van der Waals surface area contributed by atoms with Crippen molar-refractivity contribution in [3.05, 3.63) is 48.3 Å². The summed E-state index contributed by atoms with van der Waals surface area (Å²) in [5, 5.41) is 2.85. The molecule has 0 aliphatic heterocycles. The van der Waals surface area contributed by atoms with Gasteiger partial charge in [-0.15, -0.1) is 0 Å². The number of aromatic amines is 1. The Kier molecular flexibility index (Phi) is 3.86. The molecule has 3 rings (SSSR count). The van der Waals surface area contributed by atoms with E-state index in [2.05, 4.69) is 15.3 Å². The van der Waals surface area contributed by atoms with E-state index < -0.39 is 0 Å². The molecule has 1 heterocycles. The molecule has 1 saturated carbocycles. The average molecular weight is 281 g/mol. The predicted molar refractivity (Wildman–Crippen MR) is 85.3 cm³/mol. The number of aromatic nitrogens is 2. The molecule has 0 radical (unpaired) electrons. The fraction of sp³-hybridized carbons (Fsp3) is 0.294. The molecule has 1 aliphatic carbocycles. The number of benzene rings is 1. The highest BCUT2D eigenvalue weighted by Gasteiger charge is 2.22. The zero-order valence-corrected chi connectivity index (χ0v) is 12.1. The number of H-pyrrole nitrogens is 1. The quantitative estimate of drug-likeness (QED) is 0.659. The van der Waals surface area contributed by atoms with Gasteiger partial charge in [-0.3, -0.25) is 4.79 Å². The lowest BCUT2D eigenvalue weighted by atomic mass is 9.85. The molecule has 2 N–H and O–H groups in total. The largest absolute Gasteiger partial charge is 0.342 e. The van der Waals surface area contributed by atoms with Crippen LogP contribution in [0, 0.1) is 0 Å². The number of imidazole rings is 1. The van der Waals surface area contributed by atoms with Crippen LogP contribution < -0.4 is 5.32 Å². The van der Waals surface area contributed by atoms with Gasteiger partial charge in [0.15, 0.2) is 0 Å². The second kappa shape index (κ2) is 5.95. The van der Waals surface area contributed by atoms with Crippen LogP contribution in [0.1, 0.15) is 37.9 Å². The van der Waals surface area contributed by atoms with E-state index in [1.807, 2.05) is 37.3 Å². The normalized spacial score (nSPS) is 15.9. The van der Waals surface area contributed by atoms with Gasteiger partial charge in [0, 0.05) is 17.7 Å². The number of allylic oxidation sites excluding steroid dienone is 3. The molecule has 0 bridgehead atoms. The van der Waals surface area contributed by atoms with Crippen molar-refractivity contribution < 1.29 is 4.79 Å². The van der Waals surface area contributed by atoms with E-state index in [4.69, 9.17) is 0 Å². The molecule has 1 fully saturated rings. The Bertz CT molecular complexity index is 708. The summed E-state index contributed by atoms with van der Waals surface area (Å²) in [5.74, 6) is 1.53. The molecule has 0 spiro atoms. The maximum Gasteiger partial charge on any atom is 0.248 e. The van der Waals surface area contributed by atoms with Gasteiger partial charge in [0.2, 0.25) is 5.91 Å². The van der Waals surface area contributed by atoms with Gasteiger partial charge in [-0.2, -0.15) is 0 Å². The lowest BCUT2D eigenvalue weighted by molar-refractivity contribution is -0.111. The first-order chi connectivity index (χ1) is 10.3. The second-order valence-corrected chi connectivity index (χ2v) is 5.36. The van der Waals surface area contributed by atoms with E-state index in [-0.39, 0.29) is 5.91 Å². The minimum atomic E-state index is -0.133. The highest BCUT2D eigenvalue weighted by molar-refractivity contribution is 6.00. The number of nitrogens with zero attached hydrogens (tertiary/aromatic N) is 1. The lowest BCUT2D eigenvalue weighted by Gasteiger charge is -2.22. The number of carbonyl (C=O) groups excluding carboxylic acids is 1. The first kappa shape index (κ1) is 13.6. The minimum Gasteiger partial charge on any atom is -0.342 e. The Morgan fingerprint density at radius 2 is 2.24 bits per heavy atom. The van der Waals surface area contributed by atoms with Crippen LogP contribution in [0.25, 0.3) is 11.0 Å². The number of hydrogen-bond donors (Lipinski definition) is 2. The lowest BCUT2D eigenvalue weighted by Crippen LogP contribution is -2.10. The van der Waals surface area contributed by atoms with E-state index in [0.29, 0.717) is 5.92 Å². The Balaban J connectivity index is 1.75. The van der Waals surface area contributed by atoms with Crippen molar-refractivity contribution in [2.24, 2.45) is 0 Å². The highest BCUT2D eigenvalue weighted by atomic mass is 16.1. The summed E-state index contributed by atoms with van der Waals surface area (Å²) in [4.78, 5) is 19.7. The average Bonchev–Trinajstić information content (AvgIpc) is 2.79. The van der Waals surface area contributed by atoms with Crippen LogP contribution in [0.4, 0.5) is 5.69 Å². The van der Waals surface area contributed by atoms with Crippen LogP contribution in [0.5, 0.6) is 0 Å². The third-order valence-electron chi connectivity index (χ3n) is 3.81. The fourth-order valence-electron chi connectivity index (χ4n) is 2.42. The standard InChI is InChI=1S/C17H19N3O/c1-2-3-4-8-16(21)18-13-9-10-14-15(11-13)20-17(19-14)12-6-5-7-12/h2-4,8-12H,5-7H2,1H3,(H,18,21)(H,19,20)/b3-2+,8-4-. The van der Waals surface area contributed by atoms with Crippen molar-refractivity contribution in [3.63, 3.8) is 0 Å². The van der Waals surface area contributed by atoms with Crippen LogP contribution in [0.3, 0.4) is 0 Å². The minimum absolute atomic E-state index is 0.133. The summed E-state index contributed by atoms with van der Waals surface area (Å²) in [6.07, 6.45) is 10.7. The molecule has 2 aromatic rings. The molecule has 21 heavy (non-hydrogen) atoms. The van der Waals surface area contributed by atoms with E-state index in [1.165, 1.54) is 25.3 Å². The maximum absolute atomic E-state index is 11.7. The highest BCUT2D eigenvalue weighted by Crippen LogP contribution is 2.35. The van der Waals surface area contributed by atoms with Gasteiger partial charge in [0.25, 0.3) is 0 Å². The summed E-state index contributed by atoms with van der Waals surface area (Å²) in [6.45, 7) is 1.91. The monoisotopic (exact) mass is 281 g/mol. The molecular weight excluding hydrogens is 262 g/mol. The van der Waals surface area contributed by atoms with Crippen molar-refractivity contribution in [3.8, 4) is 0 Å². The molecule has 0 unspecified atom stereocenters. The molecule has 108 valence electrons. The van der Waals surface area contributed by atoms with Crippen LogP contribution in [0.15, 0.2) is 42.5 Å². The van der Waals surface area contributed by atoms with Crippen LogP contribution >= 0.6 is 0 Å². The Hall–Kier alpha value is -2.36. The zero-order chi connectivity index (χ0) is 14.7. The fourth-order valence-corrected chi connectivity index (χ4v) is 2.42. The summed E-state index contributed by atoms with van der Waals surface area (Å²) in [6, 6.07) is 5.76. The maximum atomic E-state index is 11.7. The second-order valence-electron chi connectivity index (χ2n) is 5.36. The summed E-state index contributed by atoms with van der Waals surface area (Å²) in [7, 11) is 0. The smallest absolute Gasteiger partial charge is 0.248 e. The predicted octanol–water partition coefficient (Wildman–Crippen LogP) is 3.90. The molecule has 1 aliphatic rings. The van der Waals surface area contributed by atoms with Gasteiger partial charge in [0.05, 0.1) is 11.0 Å². The van der Waals surface area contributed by atoms with Crippen LogP contribution in [-0.4, -0.2) is 15.9 Å². The molecule has 0 atom stereocenters. The summed E-state index contributed by atoms with van der Waals surface area (Å²) >= 11 is 0. The zero-order valence-electron chi connectivity index (χ0n) is 12.1. The van der Waals surface area contributed by atoms with E-state index in [9.17, 15) is 4.79 Å². The molecule has 1 amide bonds. The third kappa shape index (κ3) is 3.05. The van der Waals surface area contributed by atoms with E-state index >= 15 is 0 Å². The SMILES string of the molecule is C/C=C/C=C\C(=O)Nc1ccc2nc(C3CCC3)[nH]c2c1. The number of amides is 1. The van der Waals surface area contributed by atoms with Crippen molar-refractivity contribution in [1.82, 2.24) is 9.97 Å². The molecule has 0 saturated heterocycles. The van der Waals surface area contributed by atoms with E-state index in [0.717, 1.165) is 22.5 Å². The van der Waals surface area contributed by atoms with E-state index in [1.54, 1.807) is 6.08 Å². The van der Waals surface area contributed by atoms with Crippen molar-refractivity contribution in [2.75, 3.05) is 5.32 Å². The molecule has 4 nitrogen and oxygen atoms in total. The molecular formula is C17H19N3O. The number of rotatable bonds is 4. The number of hydrogen-bond acceptors (Lipinski definition) is 2. The number of carbonyl (C=O) groups is 1. The van der Waals surface area contributed by atoms with Gasteiger partial charge in [-0.1, -0.05) is 24.6 Å². The Morgan fingerprint density at radius 1 is 1.38 bits per heavy atom. The number of fused-ring (bicyclic) bond motifs is 1. The van der Waals surface area contributed by atoms with Crippen molar-refractivity contribution >= 4 is 22.6 Å². The Morgan fingerprint density at radius 3 is 2.95 bits per heavy atom. The molecule has 4 heteroatoms. The summed E-state index contributed by atoms with van der Waals surface area (Å²) < 4.78 is 0. The number of nitrogens with one attached hydrogen (secondary N) is 2. The van der Waals surface area contributed by atoms with Gasteiger partial charge in [0.1, 0.15) is 5.82 Å². The summed E-state index contributed by atoms with van der Waals surface area (Å²) in [5.41, 5.74) is 2.72. The van der Waals surface area contributed by atoms with Crippen molar-refractivity contribution in [1.29, 1.82) is 0 Å².